The first kappa shape index (κ1) is 17.9. The second kappa shape index (κ2) is 7.58. The molecule has 0 unspecified atom stereocenters. The fraction of sp³-hybridized carbons (Fsp3) is 0.278. The quantitative estimate of drug-likeness (QED) is 0.766. The van der Waals surface area contributed by atoms with Crippen LogP contribution in [0.5, 0.6) is 0 Å². The summed E-state index contributed by atoms with van der Waals surface area (Å²) >= 11 is 3.28. The van der Waals surface area contributed by atoms with Crippen LogP contribution >= 0.6 is 15.9 Å². The molecule has 0 spiro atoms. The molecule has 132 valence electrons. The van der Waals surface area contributed by atoms with Gasteiger partial charge in [-0.25, -0.2) is 8.42 Å². The minimum atomic E-state index is -3.76. The minimum absolute atomic E-state index is 0.140. The second-order valence-electron chi connectivity index (χ2n) is 6.06. The van der Waals surface area contributed by atoms with Gasteiger partial charge in [-0.1, -0.05) is 40.9 Å². The van der Waals surface area contributed by atoms with Gasteiger partial charge < -0.3 is 5.32 Å². The number of hydrogen-bond acceptors (Lipinski definition) is 3. The molecule has 0 atom stereocenters. The normalized spacial score (nSPS) is 15.1. The van der Waals surface area contributed by atoms with Crippen LogP contribution in [-0.2, 0) is 10.0 Å². The van der Waals surface area contributed by atoms with Crippen molar-refractivity contribution in [1.29, 1.82) is 0 Å². The van der Waals surface area contributed by atoms with Gasteiger partial charge in [-0.2, -0.15) is 0 Å². The third-order valence-corrected chi connectivity index (χ3v) is 6.14. The number of sulfonamides is 1. The highest BCUT2D eigenvalue weighted by molar-refractivity contribution is 9.10. The van der Waals surface area contributed by atoms with Gasteiger partial charge in [0.2, 0.25) is 0 Å². The SMILES string of the molecule is O=C(NC1CCCC1)c1ccccc1NS(=O)(=O)c1ccc(Br)cc1. The number of benzene rings is 2. The van der Waals surface area contributed by atoms with Crippen molar-refractivity contribution in [2.45, 2.75) is 36.6 Å². The Hall–Kier alpha value is -1.86. The number of rotatable bonds is 5. The van der Waals surface area contributed by atoms with Crippen LogP contribution in [0.2, 0.25) is 0 Å². The zero-order valence-corrected chi connectivity index (χ0v) is 15.9. The largest absolute Gasteiger partial charge is 0.349 e. The molecule has 1 amide bonds. The Labute approximate surface area is 156 Å². The van der Waals surface area contributed by atoms with Crippen LogP contribution in [0.4, 0.5) is 5.69 Å². The van der Waals surface area contributed by atoms with E-state index in [9.17, 15) is 13.2 Å². The zero-order valence-electron chi connectivity index (χ0n) is 13.5. The van der Waals surface area contributed by atoms with E-state index in [4.69, 9.17) is 0 Å². The first-order valence-electron chi connectivity index (χ1n) is 8.14. The second-order valence-corrected chi connectivity index (χ2v) is 8.66. The highest BCUT2D eigenvalue weighted by Crippen LogP contribution is 2.23. The van der Waals surface area contributed by atoms with E-state index >= 15 is 0 Å². The van der Waals surface area contributed by atoms with Crippen LogP contribution in [-0.4, -0.2) is 20.4 Å². The van der Waals surface area contributed by atoms with Crippen molar-refractivity contribution in [3.63, 3.8) is 0 Å². The predicted molar refractivity (Wildman–Crippen MR) is 101 cm³/mol. The fourth-order valence-electron chi connectivity index (χ4n) is 2.92. The van der Waals surface area contributed by atoms with Gasteiger partial charge in [-0.3, -0.25) is 9.52 Å². The lowest BCUT2D eigenvalue weighted by Crippen LogP contribution is -2.33. The minimum Gasteiger partial charge on any atom is -0.349 e. The van der Waals surface area contributed by atoms with Crippen molar-refractivity contribution in [1.82, 2.24) is 5.32 Å². The molecule has 0 aromatic heterocycles. The molecule has 3 rings (SSSR count). The first-order valence-corrected chi connectivity index (χ1v) is 10.4. The van der Waals surface area contributed by atoms with Gasteiger partial charge in [0.05, 0.1) is 16.1 Å². The number of carbonyl (C=O) groups is 1. The summed E-state index contributed by atoms with van der Waals surface area (Å²) in [5.41, 5.74) is 0.607. The van der Waals surface area contributed by atoms with Crippen molar-refractivity contribution in [3.05, 3.63) is 58.6 Å². The summed E-state index contributed by atoms with van der Waals surface area (Å²) in [5.74, 6) is -0.249. The first-order chi connectivity index (χ1) is 12.0. The predicted octanol–water partition coefficient (Wildman–Crippen LogP) is 3.92. The number of halogens is 1. The number of nitrogens with one attached hydrogen (secondary N) is 2. The molecule has 0 bridgehead atoms. The maximum absolute atomic E-state index is 12.6. The molecule has 25 heavy (non-hydrogen) atoms. The monoisotopic (exact) mass is 422 g/mol. The van der Waals surface area contributed by atoms with E-state index in [2.05, 4.69) is 26.0 Å². The Morgan fingerprint density at radius 3 is 2.32 bits per heavy atom. The average molecular weight is 423 g/mol. The summed E-state index contributed by atoms with van der Waals surface area (Å²) in [7, 11) is -3.76. The third-order valence-electron chi connectivity index (χ3n) is 4.23. The number of hydrogen-bond donors (Lipinski definition) is 2. The number of amides is 1. The van der Waals surface area contributed by atoms with Crippen LogP contribution in [0.25, 0.3) is 0 Å². The van der Waals surface area contributed by atoms with Gasteiger partial charge in [0.1, 0.15) is 0 Å². The zero-order chi connectivity index (χ0) is 17.9. The van der Waals surface area contributed by atoms with Gasteiger partial charge >= 0.3 is 0 Å². The molecule has 1 fully saturated rings. The van der Waals surface area contributed by atoms with Gasteiger partial charge in [-0.15, -0.1) is 0 Å². The van der Waals surface area contributed by atoms with E-state index in [0.29, 0.717) is 5.56 Å². The molecule has 2 aromatic rings. The molecule has 7 heteroatoms. The standard InChI is InChI=1S/C18H19BrN2O3S/c19-13-9-11-15(12-10-13)25(23,24)21-17-8-4-3-7-16(17)18(22)20-14-5-1-2-6-14/h3-4,7-12,14,21H,1-2,5-6H2,(H,20,22). The molecule has 2 aromatic carbocycles. The third kappa shape index (κ3) is 4.41. The summed E-state index contributed by atoms with van der Waals surface area (Å²) in [6.45, 7) is 0. The summed E-state index contributed by atoms with van der Waals surface area (Å²) < 4.78 is 28.5. The lowest BCUT2D eigenvalue weighted by Gasteiger charge is -2.15. The van der Waals surface area contributed by atoms with Gasteiger partial charge in [0.15, 0.2) is 0 Å². The number of anilines is 1. The van der Waals surface area contributed by atoms with Crippen LogP contribution in [0.15, 0.2) is 57.9 Å². The fourth-order valence-corrected chi connectivity index (χ4v) is 4.26. The van der Waals surface area contributed by atoms with E-state index in [0.717, 1.165) is 30.2 Å². The van der Waals surface area contributed by atoms with Crippen molar-refractivity contribution >= 4 is 37.5 Å². The average Bonchev–Trinajstić information content (AvgIpc) is 3.08. The summed E-state index contributed by atoms with van der Waals surface area (Å²) in [5, 5.41) is 2.99. The molecule has 0 radical (unpaired) electrons. The molecule has 1 saturated carbocycles. The number of carbonyl (C=O) groups excluding carboxylic acids is 1. The van der Waals surface area contributed by atoms with E-state index < -0.39 is 10.0 Å². The maximum Gasteiger partial charge on any atom is 0.261 e. The van der Waals surface area contributed by atoms with Crippen LogP contribution < -0.4 is 10.0 Å². The maximum atomic E-state index is 12.6. The Balaban J connectivity index is 1.82. The summed E-state index contributed by atoms with van der Waals surface area (Å²) in [4.78, 5) is 12.7. The lowest BCUT2D eigenvalue weighted by atomic mass is 10.1. The van der Waals surface area contributed by atoms with Crippen molar-refractivity contribution < 1.29 is 13.2 Å². The topological polar surface area (TPSA) is 75.3 Å². The van der Waals surface area contributed by atoms with E-state index in [1.165, 1.54) is 12.1 Å². The molecule has 5 nitrogen and oxygen atoms in total. The van der Waals surface area contributed by atoms with Crippen molar-refractivity contribution in [2.24, 2.45) is 0 Å². The van der Waals surface area contributed by atoms with E-state index in [1.54, 1.807) is 36.4 Å². The lowest BCUT2D eigenvalue weighted by molar-refractivity contribution is 0.0939. The molecule has 1 aliphatic rings. The van der Waals surface area contributed by atoms with Gasteiger partial charge in [-0.05, 0) is 49.2 Å². The summed E-state index contributed by atoms with van der Waals surface area (Å²) in [6.07, 6.45) is 4.17. The molecule has 1 aliphatic carbocycles. The van der Waals surface area contributed by atoms with Crippen molar-refractivity contribution in [2.75, 3.05) is 4.72 Å². The number of para-hydroxylation sites is 1. The molecule has 0 saturated heterocycles. The molecular formula is C18H19BrN2O3S. The van der Waals surface area contributed by atoms with Crippen molar-refractivity contribution in [3.8, 4) is 0 Å². The highest BCUT2D eigenvalue weighted by atomic mass is 79.9. The Morgan fingerprint density at radius 1 is 1.00 bits per heavy atom. The Morgan fingerprint density at radius 2 is 1.64 bits per heavy atom. The Kier molecular flexibility index (Phi) is 5.44. The Bertz CT molecular complexity index is 860. The van der Waals surface area contributed by atoms with Crippen LogP contribution in [0, 0.1) is 0 Å². The molecule has 0 heterocycles. The smallest absolute Gasteiger partial charge is 0.261 e. The van der Waals surface area contributed by atoms with Crippen LogP contribution in [0.3, 0.4) is 0 Å². The molecule has 2 N–H and O–H groups in total. The molecular weight excluding hydrogens is 404 g/mol. The van der Waals surface area contributed by atoms with E-state index in [-0.39, 0.29) is 22.5 Å². The van der Waals surface area contributed by atoms with E-state index in [1.807, 2.05) is 0 Å². The van der Waals surface area contributed by atoms with Gasteiger partial charge in [0, 0.05) is 10.5 Å². The van der Waals surface area contributed by atoms with Crippen LogP contribution in [0.1, 0.15) is 36.0 Å². The summed E-state index contributed by atoms with van der Waals surface area (Å²) in [6, 6.07) is 13.2. The highest BCUT2D eigenvalue weighted by Gasteiger charge is 2.22. The molecule has 0 aliphatic heterocycles. The van der Waals surface area contributed by atoms with Gasteiger partial charge in [0.25, 0.3) is 15.9 Å².